The van der Waals surface area contributed by atoms with Gasteiger partial charge in [-0.25, -0.2) is 0 Å². The molecule has 82 valence electrons. The van der Waals surface area contributed by atoms with Crippen molar-refractivity contribution in [2.45, 2.75) is 13.1 Å². The van der Waals surface area contributed by atoms with E-state index in [9.17, 15) is 23.3 Å². The van der Waals surface area contributed by atoms with Crippen molar-refractivity contribution in [3.8, 4) is 0 Å². The highest BCUT2D eigenvalue weighted by Gasteiger charge is 2.35. The SMILES string of the molecule is Cc1c(C(F)(F)F)ccc(Br)c1[N+](=O)[O-]. The maximum Gasteiger partial charge on any atom is 0.416 e. The summed E-state index contributed by atoms with van der Waals surface area (Å²) >= 11 is 2.84. The minimum Gasteiger partial charge on any atom is -0.258 e. The Kier molecular flexibility index (Phi) is 3.03. The van der Waals surface area contributed by atoms with Crippen molar-refractivity contribution in [3.63, 3.8) is 0 Å². The Morgan fingerprint density at radius 1 is 1.40 bits per heavy atom. The number of hydrogen-bond donors (Lipinski definition) is 0. The number of hydrogen-bond acceptors (Lipinski definition) is 2. The average molecular weight is 284 g/mol. The van der Waals surface area contributed by atoms with Crippen LogP contribution in [-0.4, -0.2) is 4.92 Å². The van der Waals surface area contributed by atoms with Crippen LogP contribution < -0.4 is 0 Å². The van der Waals surface area contributed by atoms with E-state index in [1.54, 1.807) is 0 Å². The van der Waals surface area contributed by atoms with Crippen LogP contribution in [0, 0.1) is 17.0 Å². The summed E-state index contributed by atoms with van der Waals surface area (Å²) in [5.74, 6) is 0. The maximum atomic E-state index is 12.4. The van der Waals surface area contributed by atoms with Crippen LogP contribution in [0.1, 0.15) is 11.1 Å². The number of nitro groups is 1. The van der Waals surface area contributed by atoms with Crippen molar-refractivity contribution in [1.29, 1.82) is 0 Å². The van der Waals surface area contributed by atoms with Gasteiger partial charge >= 0.3 is 6.18 Å². The normalized spacial score (nSPS) is 11.5. The monoisotopic (exact) mass is 283 g/mol. The molecule has 1 rings (SSSR count). The molecule has 0 saturated carbocycles. The van der Waals surface area contributed by atoms with Crippen LogP contribution in [0.3, 0.4) is 0 Å². The summed E-state index contributed by atoms with van der Waals surface area (Å²) in [7, 11) is 0. The van der Waals surface area contributed by atoms with Crippen molar-refractivity contribution in [3.05, 3.63) is 37.8 Å². The van der Waals surface area contributed by atoms with Crippen LogP contribution >= 0.6 is 15.9 Å². The van der Waals surface area contributed by atoms with E-state index in [2.05, 4.69) is 15.9 Å². The van der Waals surface area contributed by atoms with Crippen molar-refractivity contribution >= 4 is 21.6 Å². The van der Waals surface area contributed by atoms with Gasteiger partial charge in [0.15, 0.2) is 0 Å². The molecule has 0 aromatic heterocycles. The molecular weight excluding hydrogens is 279 g/mol. The lowest BCUT2D eigenvalue weighted by Crippen LogP contribution is -2.09. The first-order chi connectivity index (χ1) is 6.75. The second kappa shape index (κ2) is 3.80. The molecule has 1 aromatic rings. The van der Waals surface area contributed by atoms with Crippen molar-refractivity contribution in [2.24, 2.45) is 0 Å². The van der Waals surface area contributed by atoms with Crippen molar-refractivity contribution < 1.29 is 18.1 Å². The van der Waals surface area contributed by atoms with Gasteiger partial charge in [-0.2, -0.15) is 13.2 Å². The summed E-state index contributed by atoms with van der Waals surface area (Å²) in [5, 5.41) is 10.5. The van der Waals surface area contributed by atoms with Crippen LogP contribution in [0.15, 0.2) is 16.6 Å². The van der Waals surface area contributed by atoms with E-state index in [1.807, 2.05) is 0 Å². The second-order valence-corrected chi connectivity index (χ2v) is 3.68. The van der Waals surface area contributed by atoms with Gasteiger partial charge in [-0.1, -0.05) is 0 Å². The molecule has 0 amide bonds. The molecular formula is C8H5BrF3NO2. The minimum atomic E-state index is -4.57. The highest BCUT2D eigenvalue weighted by molar-refractivity contribution is 9.10. The first-order valence-corrected chi connectivity index (χ1v) is 4.55. The molecule has 0 N–H and O–H groups in total. The molecule has 0 aliphatic rings. The third-order valence-electron chi connectivity index (χ3n) is 1.87. The predicted molar refractivity (Wildman–Crippen MR) is 50.5 cm³/mol. The van der Waals surface area contributed by atoms with Gasteiger partial charge < -0.3 is 0 Å². The summed E-state index contributed by atoms with van der Waals surface area (Å²) in [6, 6.07) is 1.83. The first kappa shape index (κ1) is 12.0. The quantitative estimate of drug-likeness (QED) is 0.583. The fraction of sp³-hybridized carbons (Fsp3) is 0.250. The molecule has 15 heavy (non-hydrogen) atoms. The number of alkyl halides is 3. The van der Waals surface area contributed by atoms with Gasteiger partial charge in [0.25, 0.3) is 5.69 Å². The topological polar surface area (TPSA) is 43.1 Å². The number of benzene rings is 1. The highest BCUT2D eigenvalue weighted by atomic mass is 79.9. The molecule has 1 aromatic carbocycles. The minimum absolute atomic E-state index is 0.0398. The van der Waals surface area contributed by atoms with E-state index in [-0.39, 0.29) is 10.0 Å². The molecule has 0 spiro atoms. The molecule has 0 fully saturated rings. The van der Waals surface area contributed by atoms with Gasteiger partial charge in [-0.05, 0) is 35.0 Å². The van der Waals surface area contributed by atoms with Crippen LogP contribution in [0.2, 0.25) is 0 Å². The van der Waals surface area contributed by atoms with E-state index in [1.165, 1.54) is 0 Å². The Hall–Kier alpha value is -1.11. The van der Waals surface area contributed by atoms with Gasteiger partial charge in [0, 0.05) is 5.56 Å². The Morgan fingerprint density at radius 3 is 2.33 bits per heavy atom. The lowest BCUT2D eigenvalue weighted by atomic mass is 10.1. The van der Waals surface area contributed by atoms with Crippen LogP contribution in [0.25, 0.3) is 0 Å². The Balaban J connectivity index is 3.49. The molecule has 0 bridgehead atoms. The van der Waals surface area contributed by atoms with E-state index in [4.69, 9.17) is 0 Å². The van der Waals surface area contributed by atoms with Crippen LogP contribution in [-0.2, 0) is 6.18 Å². The average Bonchev–Trinajstić information content (AvgIpc) is 2.00. The highest BCUT2D eigenvalue weighted by Crippen LogP contribution is 2.38. The molecule has 0 aliphatic carbocycles. The van der Waals surface area contributed by atoms with Gasteiger partial charge in [0.2, 0.25) is 0 Å². The van der Waals surface area contributed by atoms with Gasteiger partial charge in [0.1, 0.15) is 0 Å². The number of nitrogens with zero attached hydrogens (tertiary/aromatic N) is 1. The standard InChI is InChI=1S/C8H5BrF3NO2/c1-4-5(8(10,11)12)2-3-6(9)7(4)13(14)15/h2-3H,1H3. The summed E-state index contributed by atoms with van der Waals surface area (Å²) in [5.41, 5.74) is -1.93. The van der Waals surface area contributed by atoms with E-state index >= 15 is 0 Å². The Labute approximate surface area is 91.2 Å². The molecule has 0 radical (unpaired) electrons. The predicted octanol–water partition coefficient (Wildman–Crippen LogP) is 3.68. The molecule has 0 aliphatic heterocycles. The molecule has 0 saturated heterocycles. The van der Waals surface area contributed by atoms with Crippen LogP contribution in [0.5, 0.6) is 0 Å². The lowest BCUT2D eigenvalue weighted by molar-refractivity contribution is -0.386. The molecule has 0 atom stereocenters. The largest absolute Gasteiger partial charge is 0.416 e. The summed E-state index contributed by atoms with van der Waals surface area (Å²) in [6.07, 6.45) is -4.57. The summed E-state index contributed by atoms with van der Waals surface area (Å²) < 4.78 is 37.2. The smallest absolute Gasteiger partial charge is 0.258 e. The van der Waals surface area contributed by atoms with Crippen molar-refractivity contribution in [2.75, 3.05) is 0 Å². The number of nitro benzene ring substituents is 1. The summed E-state index contributed by atoms with van der Waals surface area (Å²) in [6.45, 7) is 1.08. The Bertz CT molecular complexity index is 417. The summed E-state index contributed by atoms with van der Waals surface area (Å²) in [4.78, 5) is 9.69. The molecule has 7 heteroatoms. The first-order valence-electron chi connectivity index (χ1n) is 3.76. The second-order valence-electron chi connectivity index (χ2n) is 2.82. The van der Waals surface area contributed by atoms with Gasteiger partial charge in [-0.3, -0.25) is 10.1 Å². The number of halogens is 4. The third kappa shape index (κ3) is 2.28. The van der Waals surface area contributed by atoms with Crippen molar-refractivity contribution in [1.82, 2.24) is 0 Å². The maximum absolute atomic E-state index is 12.4. The Morgan fingerprint density at radius 2 is 1.93 bits per heavy atom. The third-order valence-corrected chi connectivity index (χ3v) is 2.51. The van der Waals surface area contributed by atoms with Crippen LogP contribution in [0.4, 0.5) is 18.9 Å². The van der Waals surface area contributed by atoms with E-state index < -0.39 is 22.4 Å². The molecule has 0 unspecified atom stereocenters. The number of rotatable bonds is 1. The zero-order valence-electron chi connectivity index (χ0n) is 7.43. The van der Waals surface area contributed by atoms with E-state index in [0.717, 1.165) is 19.1 Å². The zero-order chi connectivity index (χ0) is 11.8. The van der Waals surface area contributed by atoms with E-state index in [0.29, 0.717) is 0 Å². The zero-order valence-corrected chi connectivity index (χ0v) is 9.02. The fourth-order valence-electron chi connectivity index (χ4n) is 1.20. The fourth-order valence-corrected chi connectivity index (χ4v) is 1.77. The van der Waals surface area contributed by atoms with Gasteiger partial charge in [-0.15, -0.1) is 0 Å². The molecule has 0 heterocycles. The van der Waals surface area contributed by atoms with Gasteiger partial charge in [0.05, 0.1) is 15.0 Å². The lowest BCUT2D eigenvalue weighted by Gasteiger charge is -2.10. The molecule has 3 nitrogen and oxygen atoms in total.